The van der Waals surface area contributed by atoms with Crippen molar-refractivity contribution in [1.82, 2.24) is 10.2 Å². The number of carbonyl (C=O) groups excluding carboxylic acids is 1. The number of halogens is 3. The molecule has 0 aromatic heterocycles. The first-order valence-electron chi connectivity index (χ1n) is 9.36. The maximum Gasteiger partial charge on any atom is 0.416 e. The van der Waals surface area contributed by atoms with E-state index in [-0.39, 0.29) is 24.6 Å². The van der Waals surface area contributed by atoms with Crippen molar-refractivity contribution in [3.63, 3.8) is 0 Å². The van der Waals surface area contributed by atoms with E-state index in [9.17, 15) is 23.1 Å². The zero-order valence-electron chi connectivity index (χ0n) is 16.6. The molecular formula is C21H24F3N3O2S. The number of aromatic hydroxyl groups is 1. The van der Waals surface area contributed by atoms with Gasteiger partial charge in [0.15, 0.2) is 5.62 Å². The fourth-order valence-corrected chi connectivity index (χ4v) is 3.99. The largest absolute Gasteiger partial charge is 0.508 e. The van der Waals surface area contributed by atoms with Gasteiger partial charge >= 0.3 is 6.18 Å². The number of aliphatic imine (C=N–C) groups is 1. The summed E-state index contributed by atoms with van der Waals surface area (Å²) >= 11 is 1.02. The van der Waals surface area contributed by atoms with Crippen molar-refractivity contribution in [3.8, 4) is 18.1 Å². The lowest BCUT2D eigenvalue weighted by Crippen LogP contribution is -2.33. The van der Waals surface area contributed by atoms with Crippen LogP contribution in [0.3, 0.4) is 0 Å². The lowest BCUT2D eigenvalue weighted by Gasteiger charge is -2.31. The van der Waals surface area contributed by atoms with E-state index in [2.05, 4.69) is 16.2 Å². The smallest absolute Gasteiger partial charge is 0.416 e. The third kappa shape index (κ3) is 6.82. The molecule has 0 aliphatic carbocycles. The molecule has 0 bridgehead atoms. The molecule has 0 spiro atoms. The number of piperidine rings is 1. The molecule has 0 amide bonds. The van der Waals surface area contributed by atoms with E-state index in [1.807, 2.05) is 11.0 Å². The quantitative estimate of drug-likeness (QED) is 0.294. The second-order valence-electron chi connectivity index (χ2n) is 6.83. The van der Waals surface area contributed by atoms with Crippen LogP contribution in [0, 0.1) is 18.3 Å². The van der Waals surface area contributed by atoms with Crippen LogP contribution in [0.2, 0.25) is 0 Å². The van der Waals surface area contributed by atoms with Gasteiger partial charge in [-0.15, -0.1) is 6.42 Å². The van der Waals surface area contributed by atoms with Crippen molar-refractivity contribution < 1.29 is 23.1 Å². The van der Waals surface area contributed by atoms with Crippen molar-refractivity contribution >= 4 is 23.2 Å². The Hall–Kier alpha value is -2.44. The van der Waals surface area contributed by atoms with Crippen molar-refractivity contribution in [2.24, 2.45) is 10.9 Å². The van der Waals surface area contributed by atoms with Crippen molar-refractivity contribution in [1.29, 1.82) is 0 Å². The van der Waals surface area contributed by atoms with Crippen LogP contribution in [0.15, 0.2) is 34.2 Å². The van der Waals surface area contributed by atoms with Gasteiger partial charge in [0.2, 0.25) is 0 Å². The molecule has 1 aliphatic rings. The lowest BCUT2D eigenvalue weighted by molar-refractivity contribution is -0.138. The van der Waals surface area contributed by atoms with Gasteiger partial charge in [0.1, 0.15) is 11.6 Å². The minimum absolute atomic E-state index is 0.144. The number of terminal acetylenes is 1. The van der Waals surface area contributed by atoms with Gasteiger partial charge in [0.05, 0.1) is 17.0 Å². The van der Waals surface area contributed by atoms with E-state index in [0.29, 0.717) is 23.8 Å². The second-order valence-corrected chi connectivity index (χ2v) is 7.70. The molecule has 0 saturated carbocycles. The number of nitrogens with one attached hydrogen (secondary N) is 1. The molecule has 0 atom stereocenters. The fourth-order valence-electron chi connectivity index (χ4n) is 3.34. The van der Waals surface area contributed by atoms with Gasteiger partial charge in [-0.2, -0.15) is 13.2 Å². The number of allylic oxidation sites excluding steroid dienone is 1. The van der Waals surface area contributed by atoms with Crippen LogP contribution in [0.5, 0.6) is 5.75 Å². The van der Waals surface area contributed by atoms with Gasteiger partial charge < -0.3 is 10.4 Å². The molecule has 162 valence electrons. The Balaban J connectivity index is 2.05. The summed E-state index contributed by atoms with van der Waals surface area (Å²) in [6.45, 7) is 1.69. The summed E-state index contributed by atoms with van der Waals surface area (Å²) in [5, 5.41) is 12.4. The van der Waals surface area contributed by atoms with Gasteiger partial charge in [-0.3, -0.25) is 14.7 Å². The van der Waals surface area contributed by atoms with Gasteiger partial charge in [-0.1, -0.05) is 29.8 Å². The van der Waals surface area contributed by atoms with E-state index in [1.165, 1.54) is 12.1 Å². The minimum atomic E-state index is -4.52. The van der Waals surface area contributed by atoms with E-state index in [0.717, 1.165) is 36.3 Å². The maximum atomic E-state index is 13.3. The summed E-state index contributed by atoms with van der Waals surface area (Å²) < 4.78 is 39.8. The summed E-state index contributed by atoms with van der Waals surface area (Å²) in [5.74, 6) is 2.78. The third-order valence-corrected chi connectivity index (χ3v) is 5.48. The van der Waals surface area contributed by atoms with Crippen LogP contribution < -0.4 is 5.32 Å². The average molecular weight is 440 g/mol. The van der Waals surface area contributed by atoms with Gasteiger partial charge in [-0.05, 0) is 49.5 Å². The van der Waals surface area contributed by atoms with Crippen LogP contribution in [0.4, 0.5) is 13.2 Å². The number of alkyl halides is 3. The molecule has 5 nitrogen and oxygen atoms in total. The van der Waals surface area contributed by atoms with Crippen LogP contribution in [0.25, 0.3) is 0 Å². The molecule has 2 rings (SSSR count). The Morgan fingerprint density at radius 3 is 2.70 bits per heavy atom. The van der Waals surface area contributed by atoms with E-state index in [1.54, 1.807) is 7.05 Å². The molecule has 0 unspecified atom stereocenters. The molecule has 0 radical (unpaired) electrons. The Bertz CT molecular complexity index is 839. The molecule has 1 aliphatic heterocycles. The first kappa shape index (κ1) is 23.8. The minimum Gasteiger partial charge on any atom is -0.508 e. The summed E-state index contributed by atoms with van der Waals surface area (Å²) in [6.07, 6.45) is 4.21. The highest BCUT2D eigenvalue weighted by molar-refractivity contribution is 8.16. The number of benzene rings is 1. The Morgan fingerprint density at radius 2 is 2.13 bits per heavy atom. The zero-order chi connectivity index (χ0) is 22.1. The van der Waals surface area contributed by atoms with E-state index < -0.39 is 17.5 Å². The molecule has 2 N–H and O–H groups in total. The normalized spacial score (nSPS) is 16.9. The van der Waals surface area contributed by atoms with Crippen LogP contribution in [0.1, 0.15) is 24.0 Å². The van der Waals surface area contributed by atoms with Crippen LogP contribution >= 0.6 is 11.8 Å². The molecule has 1 aromatic carbocycles. The Morgan fingerprint density at radius 1 is 1.43 bits per heavy atom. The number of thioether (sulfide) groups is 1. The van der Waals surface area contributed by atoms with Crippen LogP contribution in [-0.4, -0.2) is 48.1 Å². The number of amidine groups is 1. The van der Waals surface area contributed by atoms with Gasteiger partial charge in [0.25, 0.3) is 0 Å². The van der Waals surface area contributed by atoms with E-state index >= 15 is 0 Å². The van der Waals surface area contributed by atoms with E-state index in [4.69, 9.17) is 6.42 Å². The Labute approximate surface area is 178 Å². The third-order valence-electron chi connectivity index (χ3n) is 4.80. The van der Waals surface area contributed by atoms with Crippen molar-refractivity contribution in [2.75, 3.05) is 26.7 Å². The Kier molecular flexibility index (Phi) is 8.81. The second kappa shape index (κ2) is 11.1. The van der Waals surface area contributed by atoms with Crippen LogP contribution in [-0.2, 0) is 17.5 Å². The fraction of sp³-hybridized carbons (Fsp3) is 0.429. The highest BCUT2D eigenvalue weighted by Crippen LogP contribution is 2.35. The number of hydrogen-bond acceptors (Lipinski definition) is 5. The lowest BCUT2D eigenvalue weighted by atomic mass is 9.95. The molecule has 1 saturated heterocycles. The number of nitrogens with zero attached hydrogens (tertiary/aromatic N) is 2. The summed E-state index contributed by atoms with van der Waals surface area (Å²) in [5.41, 5.74) is 0.0654. The number of rotatable bonds is 7. The molecule has 1 aromatic rings. The van der Waals surface area contributed by atoms with Gasteiger partial charge in [-0.25, -0.2) is 0 Å². The highest BCUT2D eigenvalue weighted by atomic mass is 32.2. The number of phenols is 1. The molecule has 9 heteroatoms. The molecular weight excluding hydrogens is 415 g/mol. The molecule has 30 heavy (non-hydrogen) atoms. The van der Waals surface area contributed by atoms with Gasteiger partial charge in [0, 0.05) is 13.6 Å². The number of likely N-dealkylation sites (tertiary alicyclic amines) is 1. The predicted molar refractivity (Wildman–Crippen MR) is 114 cm³/mol. The maximum absolute atomic E-state index is 13.3. The molecule has 1 heterocycles. The SMILES string of the molecule is C#CCNC(=NC)/C(=C/C1CCN(Cc2ccc(O)cc2C(F)(F)F)CC1)SC=O. The zero-order valence-corrected chi connectivity index (χ0v) is 17.4. The highest BCUT2D eigenvalue weighted by Gasteiger charge is 2.34. The standard InChI is InChI=1S/C21H24F3N3O2S/c1-3-8-26-20(25-2)19(30-14-28)11-15-6-9-27(10-7-15)13-16-4-5-17(29)12-18(16)21(22,23)24/h1,4-5,11-12,14-15,29H,6-10,13H2,2H3,(H,25,26)/b19-11-. The topological polar surface area (TPSA) is 64.9 Å². The monoisotopic (exact) mass is 439 g/mol. The first-order chi connectivity index (χ1) is 14.3. The molecule has 1 fully saturated rings. The number of carbonyl (C=O) groups is 1. The van der Waals surface area contributed by atoms with Crippen molar-refractivity contribution in [2.45, 2.75) is 25.6 Å². The predicted octanol–water partition coefficient (Wildman–Crippen LogP) is 3.68. The number of phenolic OH excluding ortho intramolecular Hbond substituents is 1. The summed E-state index contributed by atoms with van der Waals surface area (Å²) in [4.78, 5) is 17.8. The average Bonchev–Trinajstić information content (AvgIpc) is 2.70. The summed E-state index contributed by atoms with van der Waals surface area (Å²) in [7, 11) is 1.61. The number of hydrogen-bond donors (Lipinski definition) is 2. The van der Waals surface area contributed by atoms with Crippen molar-refractivity contribution in [3.05, 3.63) is 40.3 Å². The summed E-state index contributed by atoms with van der Waals surface area (Å²) in [6, 6.07) is 3.37. The first-order valence-corrected chi connectivity index (χ1v) is 10.2.